The second-order valence-electron chi connectivity index (χ2n) is 6.01. The molecule has 0 fully saturated rings. The Labute approximate surface area is 141 Å². The minimum absolute atomic E-state index is 0.127. The molecule has 0 aliphatic carbocycles. The van der Waals surface area contributed by atoms with Crippen LogP contribution in [0.2, 0.25) is 0 Å². The van der Waals surface area contributed by atoms with Crippen molar-refractivity contribution in [1.82, 2.24) is 20.2 Å². The van der Waals surface area contributed by atoms with E-state index < -0.39 is 5.92 Å². The number of benzene rings is 1. The van der Waals surface area contributed by atoms with E-state index in [1.807, 2.05) is 6.07 Å². The Hall–Kier alpha value is -3.09. The van der Waals surface area contributed by atoms with Gasteiger partial charge >= 0.3 is 0 Å². The van der Waals surface area contributed by atoms with E-state index >= 15 is 0 Å². The Morgan fingerprint density at radius 3 is 2.80 bits per heavy atom. The molecule has 4 rings (SSSR count). The fourth-order valence-electron chi connectivity index (χ4n) is 2.96. The number of fused-ring (bicyclic) bond motifs is 2. The van der Waals surface area contributed by atoms with Gasteiger partial charge in [-0.25, -0.2) is 0 Å². The number of aromatic hydroxyl groups is 1. The van der Waals surface area contributed by atoms with E-state index in [0.29, 0.717) is 11.8 Å². The molecule has 1 aromatic carbocycles. The van der Waals surface area contributed by atoms with Crippen LogP contribution in [0, 0.1) is 0 Å². The van der Waals surface area contributed by atoms with Crippen LogP contribution < -0.4 is 0 Å². The molecule has 7 heteroatoms. The molecule has 0 aliphatic heterocycles. The van der Waals surface area contributed by atoms with E-state index in [-0.39, 0.29) is 16.8 Å². The molecule has 0 amide bonds. The topological polar surface area (TPSA) is 74.7 Å². The fraction of sp³-hybridized carbons (Fsp3) is 0.167. The van der Waals surface area contributed by atoms with E-state index in [0.717, 1.165) is 35.4 Å². The Morgan fingerprint density at radius 2 is 2.00 bits per heavy atom. The van der Waals surface area contributed by atoms with E-state index in [9.17, 15) is 13.9 Å². The lowest BCUT2D eigenvalue weighted by atomic mass is 10.0. The molecule has 0 saturated heterocycles. The summed E-state index contributed by atoms with van der Waals surface area (Å²) in [7, 11) is 0. The lowest BCUT2D eigenvalue weighted by Gasteiger charge is -2.14. The van der Waals surface area contributed by atoms with Crippen LogP contribution in [0.1, 0.15) is 23.9 Å². The van der Waals surface area contributed by atoms with Gasteiger partial charge in [0.15, 0.2) is 0 Å². The first-order valence-corrected chi connectivity index (χ1v) is 7.70. The molecule has 25 heavy (non-hydrogen) atoms. The summed E-state index contributed by atoms with van der Waals surface area (Å²) >= 11 is 0. The van der Waals surface area contributed by atoms with Crippen molar-refractivity contribution in [1.29, 1.82) is 0 Å². The van der Waals surface area contributed by atoms with Crippen molar-refractivity contribution in [2.24, 2.45) is 0 Å². The van der Waals surface area contributed by atoms with Crippen LogP contribution in [0.3, 0.4) is 0 Å². The van der Waals surface area contributed by atoms with Gasteiger partial charge in [0.2, 0.25) is 0 Å². The third-order valence-corrected chi connectivity index (χ3v) is 4.11. The van der Waals surface area contributed by atoms with Crippen molar-refractivity contribution in [2.75, 3.05) is 0 Å². The Morgan fingerprint density at radius 1 is 1.16 bits per heavy atom. The Kier molecular flexibility index (Phi) is 3.38. The highest BCUT2D eigenvalue weighted by atomic mass is 19.3. The van der Waals surface area contributed by atoms with Gasteiger partial charge in [-0.05, 0) is 23.8 Å². The zero-order chi connectivity index (χ0) is 17.6. The zero-order valence-corrected chi connectivity index (χ0v) is 13.3. The number of hydrogen-bond donors (Lipinski definition) is 2. The van der Waals surface area contributed by atoms with Crippen LogP contribution in [0.15, 0.2) is 42.7 Å². The number of rotatable bonds is 3. The molecular weight excluding hydrogens is 326 g/mol. The number of nitrogens with zero attached hydrogens (tertiary/aromatic N) is 3. The number of hydrogen-bond acceptors (Lipinski definition) is 4. The molecule has 0 unspecified atom stereocenters. The minimum atomic E-state index is -3.09. The van der Waals surface area contributed by atoms with Gasteiger partial charge in [-0.1, -0.05) is 12.1 Å². The van der Waals surface area contributed by atoms with Crippen LogP contribution >= 0.6 is 0 Å². The molecule has 0 spiro atoms. The third-order valence-electron chi connectivity index (χ3n) is 4.11. The number of halogens is 2. The third kappa shape index (κ3) is 2.67. The Bertz CT molecular complexity index is 1090. The maximum absolute atomic E-state index is 13.7. The predicted octanol–water partition coefficient (Wildman–Crippen LogP) is 3.91. The van der Waals surface area contributed by atoms with E-state index in [1.54, 1.807) is 30.5 Å². The summed E-state index contributed by atoms with van der Waals surface area (Å²) < 4.78 is 27.5. The molecular formula is C18H14F2N4O. The second kappa shape index (κ2) is 5.47. The summed E-state index contributed by atoms with van der Waals surface area (Å²) in [6.07, 6.45) is 3.24. The van der Waals surface area contributed by atoms with E-state index in [4.69, 9.17) is 0 Å². The standard InChI is InChI=1S/C18H14F2N4O/c1-18(19,20)17-11-5-4-10(7-12(11)15(25)9-22-17)8-14-16-13(23-24-14)3-2-6-21-16/h2-7,9,25H,8H2,1H3,(H,23,24). The molecule has 0 aliphatic rings. The van der Waals surface area contributed by atoms with Crippen LogP contribution in [-0.4, -0.2) is 25.3 Å². The van der Waals surface area contributed by atoms with Gasteiger partial charge in [-0.3, -0.25) is 15.1 Å². The second-order valence-corrected chi connectivity index (χ2v) is 6.01. The summed E-state index contributed by atoms with van der Waals surface area (Å²) in [4.78, 5) is 8.01. The van der Waals surface area contributed by atoms with Crippen LogP contribution in [0.25, 0.3) is 21.8 Å². The van der Waals surface area contributed by atoms with Crippen molar-refractivity contribution in [3.05, 3.63) is 59.7 Å². The van der Waals surface area contributed by atoms with Gasteiger partial charge in [0.25, 0.3) is 5.92 Å². The van der Waals surface area contributed by atoms with Gasteiger partial charge in [-0.2, -0.15) is 13.9 Å². The van der Waals surface area contributed by atoms with Gasteiger partial charge in [-0.15, -0.1) is 0 Å². The average molecular weight is 340 g/mol. The van der Waals surface area contributed by atoms with Crippen molar-refractivity contribution in [3.8, 4) is 5.75 Å². The van der Waals surface area contributed by atoms with E-state index in [2.05, 4.69) is 20.2 Å². The largest absolute Gasteiger partial charge is 0.506 e. The lowest BCUT2D eigenvalue weighted by molar-refractivity contribution is 0.0145. The average Bonchev–Trinajstić information content (AvgIpc) is 2.98. The number of alkyl halides is 2. The summed E-state index contributed by atoms with van der Waals surface area (Å²) in [5.41, 5.74) is 2.85. The monoisotopic (exact) mass is 340 g/mol. The lowest BCUT2D eigenvalue weighted by Crippen LogP contribution is -2.10. The van der Waals surface area contributed by atoms with Crippen molar-refractivity contribution >= 4 is 21.8 Å². The summed E-state index contributed by atoms with van der Waals surface area (Å²) in [5.74, 6) is -3.21. The smallest absolute Gasteiger partial charge is 0.287 e. The number of aromatic amines is 1. The van der Waals surface area contributed by atoms with Crippen molar-refractivity contribution in [3.63, 3.8) is 0 Å². The minimum Gasteiger partial charge on any atom is -0.506 e. The SMILES string of the molecule is CC(F)(F)c1ncc(O)c2cc(Cc3[nH]nc4cccnc34)ccc12. The van der Waals surface area contributed by atoms with E-state index in [1.165, 1.54) is 0 Å². The molecule has 0 saturated carbocycles. The highest BCUT2D eigenvalue weighted by molar-refractivity contribution is 5.90. The van der Waals surface area contributed by atoms with Crippen LogP contribution in [0.4, 0.5) is 8.78 Å². The predicted molar refractivity (Wildman–Crippen MR) is 89.7 cm³/mol. The normalized spacial score (nSPS) is 12.1. The molecule has 0 bridgehead atoms. The first kappa shape index (κ1) is 15.4. The summed E-state index contributed by atoms with van der Waals surface area (Å²) in [6.45, 7) is 0.794. The van der Waals surface area contributed by atoms with Crippen LogP contribution in [0.5, 0.6) is 5.75 Å². The Balaban J connectivity index is 1.80. The molecule has 2 N–H and O–H groups in total. The number of pyridine rings is 2. The summed E-state index contributed by atoms with van der Waals surface area (Å²) in [6, 6.07) is 8.66. The van der Waals surface area contributed by atoms with Gasteiger partial charge < -0.3 is 5.11 Å². The number of H-pyrrole nitrogens is 1. The highest BCUT2D eigenvalue weighted by Crippen LogP contribution is 2.35. The molecule has 126 valence electrons. The van der Waals surface area contributed by atoms with Crippen molar-refractivity contribution < 1.29 is 13.9 Å². The molecule has 3 aromatic heterocycles. The number of nitrogens with one attached hydrogen (secondary N) is 1. The molecule has 5 nitrogen and oxygen atoms in total. The number of aromatic nitrogens is 4. The maximum Gasteiger partial charge on any atom is 0.287 e. The van der Waals surface area contributed by atoms with Gasteiger partial charge in [0.1, 0.15) is 22.5 Å². The summed E-state index contributed by atoms with van der Waals surface area (Å²) in [5, 5.41) is 17.8. The molecule has 0 radical (unpaired) electrons. The zero-order valence-electron chi connectivity index (χ0n) is 13.3. The molecule has 0 atom stereocenters. The van der Waals surface area contributed by atoms with Crippen molar-refractivity contribution in [2.45, 2.75) is 19.3 Å². The maximum atomic E-state index is 13.7. The first-order valence-electron chi connectivity index (χ1n) is 7.70. The fourth-order valence-corrected chi connectivity index (χ4v) is 2.96. The molecule has 4 aromatic rings. The van der Waals surface area contributed by atoms with Gasteiger partial charge in [0, 0.05) is 30.3 Å². The quantitative estimate of drug-likeness (QED) is 0.593. The van der Waals surface area contributed by atoms with Gasteiger partial charge in [0.05, 0.1) is 11.9 Å². The van der Waals surface area contributed by atoms with Crippen LogP contribution in [-0.2, 0) is 12.3 Å². The first-order chi connectivity index (χ1) is 11.9. The molecule has 3 heterocycles. The highest BCUT2D eigenvalue weighted by Gasteiger charge is 2.29.